The van der Waals surface area contributed by atoms with E-state index in [1.54, 1.807) is 41.9 Å². The topological polar surface area (TPSA) is 107 Å². The first-order valence-electron chi connectivity index (χ1n) is 10.2. The lowest BCUT2D eigenvalue weighted by molar-refractivity contribution is 0.0648. The fraction of sp³-hybridized carbons (Fsp3) is 0.227. The number of aryl methyl sites for hydroxylation is 1. The molecule has 1 aliphatic rings. The molecule has 4 heterocycles. The minimum Gasteiger partial charge on any atom is -0.497 e. The van der Waals surface area contributed by atoms with Gasteiger partial charge in [0.2, 0.25) is 0 Å². The zero-order chi connectivity index (χ0) is 22.2. The first kappa shape index (κ1) is 19.7. The second-order valence-electron chi connectivity index (χ2n) is 7.52. The summed E-state index contributed by atoms with van der Waals surface area (Å²) < 4.78 is 8.31. The number of nitrogens with zero attached hydrogens (tertiary/aromatic N) is 6. The Kier molecular flexibility index (Phi) is 4.81. The van der Waals surface area contributed by atoms with Gasteiger partial charge in [0, 0.05) is 43.7 Å². The van der Waals surface area contributed by atoms with E-state index in [2.05, 4.69) is 20.5 Å². The van der Waals surface area contributed by atoms with Crippen molar-refractivity contribution < 1.29 is 14.3 Å². The molecule has 10 heteroatoms. The smallest absolute Gasteiger partial charge is 0.274 e. The van der Waals surface area contributed by atoms with E-state index in [0.29, 0.717) is 41.6 Å². The zero-order valence-corrected chi connectivity index (χ0v) is 17.6. The van der Waals surface area contributed by atoms with Crippen LogP contribution in [-0.2, 0) is 7.05 Å². The van der Waals surface area contributed by atoms with Crippen LogP contribution < -0.4 is 10.1 Å². The molecule has 0 aliphatic carbocycles. The van der Waals surface area contributed by atoms with Crippen molar-refractivity contribution in [2.24, 2.45) is 7.05 Å². The molecule has 0 unspecified atom stereocenters. The third kappa shape index (κ3) is 3.45. The molecular weight excluding hydrogens is 410 g/mol. The lowest BCUT2D eigenvalue weighted by atomic mass is 10.1. The number of rotatable bonds is 5. The lowest BCUT2D eigenvalue weighted by Crippen LogP contribution is -2.42. The molecule has 1 N–H and O–H groups in total. The average molecular weight is 431 g/mol. The molecule has 1 aliphatic heterocycles. The third-order valence-electron chi connectivity index (χ3n) is 5.45. The first-order valence-corrected chi connectivity index (χ1v) is 10.2. The molecule has 0 saturated carbocycles. The molecule has 1 aromatic carbocycles. The number of pyridine rings is 1. The largest absolute Gasteiger partial charge is 0.497 e. The van der Waals surface area contributed by atoms with Gasteiger partial charge in [-0.05, 0) is 24.6 Å². The number of hydrogen-bond donors (Lipinski definition) is 1. The number of amides is 2. The molecule has 162 valence electrons. The Morgan fingerprint density at radius 1 is 1.16 bits per heavy atom. The number of hydrogen-bond acceptors (Lipinski definition) is 6. The SMILES string of the molecule is COc1cccc(-c2nc3cc(NC(=O)c4c(C(=O)N5CCC5)cnn4C)ccn3n2)c1. The first-order chi connectivity index (χ1) is 15.5. The molecular formula is C22H21N7O3. The summed E-state index contributed by atoms with van der Waals surface area (Å²) in [6, 6.07) is 10.9. The number of methoxy groups -OCH3 is 1. The highest BCUT2D eigenvalue weighted by Crippen LogP contribution is 2.23. The molecule has 10 nitrogen and oxygen atoms in total. The van der Waals surface area contributed by atoms with Crippen molar-refractivity contribution in [3.8, 4) is 17.1 Å². The molecule has 4 aromatic rings. The van der Waals surface area contributed by atoms with Gasteiger partial charge in [0.05, 0.1) is 18.9 Å². The van der Waals surface area contributed by atoms with Gasteiger partial charge in [-0.25, -0.2) is 9.50 Å². The molecule has 0 atom stereocenters. The van der Waals surface area contributed by atoms with E-state index in [1.165, 1.54) is 10.9 Å². The summed E-state index contributed by atoms with van der Waals surface area (Å²) in [5, 5.41) is 11.4. The molecule has 32 heavy (non-hydrogen) atoms. The van der Waals surface area contributed by atoms with Crippen LogP contribution in [0.2, 0.25) is 0 Å². The number of fused-ring (bicyclic) bond motifs is 1. The van der Waals surface area contributed by atoms with Crippen molar-refractivity contribution in [1.29, 1.82) is 0 Å². The summed E-state index contributed by atoms with van der Waals surface area (Å²) in [4.78, 5) is 31.9. The van der Waals surface area contributed by atoms with Gasteiger partial charge in [-0.1, -0.05) is 12.1 Å². The molecule has 2 amide bonds. The third-order valence-corrected chi connectivity index (χ3v) is 5.45. The number of carbonyl (C=O) groups excluding carboxylic acids is 2. The Balaban J connectivity index is 1.41. The maximum atomic E-state index is 13.0. The zero-order valence-electron chi connectivity index (χ0n) is 17.6. The molecule has 3 aromatic heterocycles. The predicted molar refractivity (Wildman–Crippen MR) is 117 cm³/mol. The number of carbonyl (C=O) groups is 2. The summed E-state index contributed by atoms with van der Waals surface area (Å²) in [7, 11) is 3.25. The Morgan fingerprint density at radius 2 is 2.00 bits per heavy atom. The molecule has 0 bridgehead atoms. The summed E-state index contributed by atoms with van der Waals surface area (Å²) in [5.74, 6) is 0.673. The van der Waals surface area contributed by atoms with E-state index < -0.39 is 5.91 Å². The molecule has 0 spiro atoms. The summed E-state index contributed by atoms with van der Waals surface area (Å²) in [6.07, 6.45) is 4.14. The van der Waals surface area contributed by atoms with Crippen molar-refractivity contribution in [3.05, 3.63) is 60.0 Å². The average Bonchev–Trinajstić information content (AvgIpc) is 3.35. The van der Waals surface area contributed by atoms with Crippen molar-refractivity contribution >= 4 is 23.1 Å². The summed E-state index contributed by atoms with van der Waals surface area (Å²) in [6.45, 7) is 1.40. The van der Waals surface area contributed by atoms with Crippen LogP contribution in [0.1, 0.15) is 27.3 Å². The van der Waals surface area contributed by atoms with Crippen molar-refractivity contribution in [2.75, 3.05) is 25.5 Å². The number of likely N-dealkylation sites (tertiary alicyclic amines) is 1. The summed E-state index contributed by atoms with van der Waals surface area (Å²) in [5.41, 5.74) is 2.45. The van der Waals surface area contributed by atoms with Crippen LogP contribution in [0.4, 0.5) is 5.69 Å². The van der Waals surface area contributed by atoms with E-state index in [4.69, 9.17) is 4.74 Å². The van der Waals surface area contributed by atoms with E-state index in [9.17, 15) is 9.59 Å². The Morgan fingerprint density at radius 3 is 2.75 bits per heavy atom. The maximum Gasteiger partial charge on any atom is 0.274 e. The van der Waals surface area contributed by atoms with Crippen LogP contribution >= 0.6 is 0 Å². The molecule has 0 radical (unpaired) electrons. The quantitative estimate of drug-likeness (QED) is 0.519. The highest BCUT2D eigenvalue weighted by molar-refractivity contribution is 6.11. The maximum absolute atomic E-state index is 13.0. The lowest BCUT2D eigenvalue weighted by Gasteiger charge is -2.30. The standard InChI is InChI=1S/C22H21N7O3/c1-27-19(17(13-23-27)22(31)28-8-4-9-28)21(30)24-15-7-10-29-18(12-15)25-20(26-29)14-5-3-6-16(11-14)32-2/h3,5-7,10-13H,4,8-9H2,1-2H3,(H,24,30). The second kappa shape index (κ2) is 7.80. The van der Waals surface area contributed by atoms with E-state index in [-0.39, 0.29) is 11.6 Å². The van der Waals surface area contributed by atoms with Gasteiger partial charge in [-0.15, -0.1) is 5.10 Å². The number of benzene rings is 1. The highest BCUT2D eigenvalue weighted by Gasteiger charge is 2.28. The predicted octanol–water partition coefficient (Wildman–Crippen LogP) is 2.24. The van der Waals surface area contributed by atoms with Gasteiger partial charge >= 0.3 is 0 Å². The van der Waals surface area contributed by atoms with Gasteiger partial charge < -0.3 is 15.0 Å². The van der Waals surface area contributed by atoms with Crippen LogP contribution in [0.25, 0.3) is 17.0 Å². The van der Waals surface area contributed by atoms with Crippen molar-refractivity contribution in [3.63, 3.8) is 0 Å². The van der Waals surface area contributed by atoms with Crippen molar-refractivity contribution in [1.82, 2.24) is 29.3 Å². The number of aromatic nitrogens is 5. The second-order valence-corrected chi connectivity index (χ2v) is 7.52. The van der Waals surface area contributed by atoms with Crippen LogP contribution in [0, 0.1) is 0 Å². The molecule has 5 rings (SSSR count). The number of anilines is 1. The Bertz CT molecular complexity index is 1340. The molecule has 1 fully saturated rings. The number of nitrogens with one attached hydrogen (secondary N) is 1. The fourth-order valence-electron chi connectivity index (χ4n) is 3.59. The van der Waals surface area contributed by atoms with Gasteiger partial charge in [-0.2, -0.15) is 5.10 Å². The van der Waals surface area contributed by atoms with Gasteiger partial charge in [0.25, 0.3) is 11.8 Å². The fourth-order valence-corrected chi connectivity index (χ4v) is 3.59. The van der Waals surface area contributed by atoms with Gasteiger partial charge in [0.15, 0.2) is 11.5 Å². The Hall–Kier alpha value is -4.21. The Labute approximate surface area is 183 Å². The minimum absolute atomic E-state index is 0.176. The van der Waals surface area contributed by atoms with Gasteiger partial charge in [0.1, 0.15) is 11.4 Å². The van der Waals surface area contributed by atoms with Crippen molar-refractivity contribution in [2.45, 2.75) is 6.42 Å². The van der Waals surface area contributed by atoms with Gasteiger partial charge in [-0.3, -0.25) is 14.3 Å². The van der Waals surface area contributed by atoms with E-state index in [0.717, 1.165) is 12.0 Å². The van der Waals surface area contributed by atoms with E-state index in [1.807, 2.05) is 24.3 Å². The minimum atomic E-state index is -0.411. The normalized spacial score (nSPS) is 13.1. The monoisotopic (exact) mass is 431 g/mol. The van der Waals surface area contributed by atoms with Crippen LogP contribution in [-0.4, -0.2) is 61.3 Å². The van der Waals surface area contributed by atoms with Crippen LogP contribution in [0.5, 0.6) is 5.75 Å². The van der Waals surface area contributed by atoms with Crippen LogP contribution in [0.3, 0.4) is 0 Å². The van der Waals surface area contributed by atoms with E-state index >= 15 is 0 Å². The number of ether oxygens (including phenoxy) is 1. The highest BCUT2D eigenvalue weighted by atomic mass is 16.5. The molecule has 1 saturated heterocycles. The summed E-state index contributed by atoms with van der Waals surface area (Å²) >= 11 is 0. The van der Waals surface area contributed by atoms with Crippen LogP contribution in [0.15, 0.2) is 48.8 Å².